The lowest BCUT2D eigenvalue weighted by Crippen LogP contribution is -1.67. The summed E-state index contributed by atoms with van der Waals surface area (Å²) in [4.78, 5) is 2.80. The van der Waals surface area contributed by atoms with Crippen molar-refractivity contribution in [2.45, 2.75) is 0 Å². The average molecular weight is 250 g/mol. The van der Waals surface area contributed by atoms with Crippen molar-refractivity contribution in [3.05, 3.63) is 20.8 Å². The Kier molecular flexibility index (Phi) is 1.94. The van der Waals surface area contributed by atoms with Gasteiger partial charge in [-0.25, -0.2) is 0 Å². The van der Waals surface area contributed by atoms with Gasteiger partial charge in [0.25, 0.3) is 0 Å². The van der Waals surface area contributed by atoms with Gasteiger partial charge in [0, 0.05) is 0 Å². The third kappa shape index (κ3) is 1.35. The van der Waals surface area contributed by atoms with E-state index in [4.69, 9.17) is 5.26 Å². The zero-order chi connectivity index (χ0) is 6.85. The second-order valence-electron chi connectivity index (χ2n) is 1.46. The van der Waals surface area contributed by atoms with Gasteiger partial charge >= 0.3 is 0 Å². The third-order valence-corrected chi connectivity index (χ3v) is 2.63. The summed E-state index contributed by atoms with van der Waals surface area (Å²) in [6.07, 6.45) is 0. The lowest BCUT2D eigenvalue weighted by Gasteiger charge is -1.77. The topological polar surface area (TPSA) is 39.6 Å². The molecule has 0 fully saturated rings. The number of nitrogens with zero attached hydrogens (tertiary/aromatic N) is 1. The van der Waals surface area contributed by atoms with E-state index < -0.39 is 0 Å². The van der Waals surface area contributed by atoms with Gasteiger partial charge in [0.1, 0.15) is 11.8 Å². The molecule has 46 valence electrons. The van der Waals surface area contributed by atoms with Crippen LogP contribution in [0.4, 0.5) is 0 Å². The Labute approximate surface area is 69.1 Å². The average Bonchev–Trinajstić information content (AvgIpc) is 2.13. The predicted molar refractivity (Wildman–Crippen MR) is 40.9 cm³/mol. The molecule has 1 rings (SSSR count). The highest BCUT2D eigenvalue weighted by Gasteiger charge is 1.99. The van der Waals surface area contributed by atoms with Gasteiger partial charge in [0.2, 0.25) is 0 Å². The highest BCUT2D eigenvalue weighted by atomic mass is 79.9. The number of aromatic nitrogens is 1. The first-order valence-corrected chi connectivity index (χ1v) is 3.76. The molecular formula is C5H2Br2N2. The lowest BCUT2D eigenvalue weighted by molar-refractivity contribution is 1.29. The summed E-state index contributed by atoms with van der Waals surface area (Å²) in [6, 6.07) is 3.69. The van der Waals surface area contributed by atoms with E-state index in [1.165, 1.54) is 0 Å². The van der Waals surface area contributed by atoms with Crippen molar-refractivity contribution in [1.82, 2.24) is 4.98 Å². The minimum atomic E-state index is 0.550. The number of H-pyrrole nitrogens is 1. The van der Waals surface area contributed by atoms with E-state index in [1.54, 1.807) is 6.07 Å². The minimum Gasteiger partial charge on any atom is -0.340 e. The molecule has 0 saturated heterocycles. The molecule has 0 saturated carbocycles. The third-order valence-electron chi connectivity index (χ3n) is 0.846. The van der Waals surface area contributed by atoms with Gasteiger partial charge in [-0.05, 0) is 37.9 Å². The van der Waals surface area contributed by atoms with Crippen molar-refractivity contribution in [2.24, 2.45) is 0 Å². The van der Waals surface area contributed by atoms with Gasteiger partial charge in [-0.3, -0.25) is 0 Å². The van der Waals surface area contributed by atoms with Gasteiger partial charge in [0.05, 0.1) is 9.08 Å². The fraction of sp³-hybridized carbons (Fsp3) is 0. The van der Waals surface area contributed by atoms with Gasteiger partial charge in [-0.15, -0.1) is 0 Å². The summed E-state index contributed by atoms with van der Waals surface area (Å²) in [5.41, 5.74) is 0.550. The summed E-state index contributed by atoms with van der Waals surface area (Å²) in [6.45, 7) is 0. The van der Waals surface area contributed by atoms with Crippen LogP contribution >= 0.6 is 31.9 Å². The van der Waals surface area contributed by atoms with E-state index in [9.17, 15) is 0 Å². The SMILES string of the molecule is N#Cc1cc(Br)c(Br)[nH]1. The van der Waals surface area contributed by atoms with Gasteiger partial charge < -0.3 is 4.98 Å². The van der Waals surface area contributed by atoms with E-state index in [1.807, 2.05) is 6.07 Å². The Morgan fingerprint density at radius 2 is 2.22 bits per heavy atom. The van der Waals surface area contributed by atoms with E-state index in [2.05, 4.69) is 36.8 Å². The number of rotatable bonds is 0. The highest BCUT2D eigenvalue weighted by molar-refractivity contribution is 9.13. The van der Waals surface area contributed by atoms with Gasteiger partial charge in [-0.1, -0.05) is 0 Å². The van der Waals surface area contributed by atoms with Crippen LogP contribution in [0.25, 0.3) is 0 Å². The predicted octanol–water partition coefficient (Wildman–Crippen LogP) is 2.41. The molecule has 1 N–H and O–H groups in total. The fourth-order valence-corrected chi connectivity index (χ4v) is 1.12. The summed E-state index contributed by atoms with van der Waals surface area (Å²) in [5.74, 6) is 0. The standard InChI is InChI=1S/C5H2Br2N2/c6-4-1-3(2-8)9-5(4)7/h1,9H. The van der Waals surface area contributed by atoms with Crippen LogP contribution < -0.4 is 0 Å². The molecule has 1 aromatic heterocycles. The normalized spacial score (nSPS) is 9.00. The number of aromatic amines is 1. The maximum Gasteiger partial charge on any atom is 0.119 e. The maximum absolute atomic E-state index is 8.35. The van der Waals surface area contributed by atoms with Crippen molar-refractivity contribution in [2.75, 3.05) is 0 Å². The van der Waals surface area contributed by atoms with Crippen LogP contribution in [0.2, 0.25) is 0 Å². The van der Waals surface area contributed by atoms with Crippen LogP contribution in [-0.2, 0) is 0 Å². The molecule has 0 unspecified atom stereocenters. The number of nitrogens with one attached hydrogen (secondary N) is 1. The monoisotopic (exact) mass is 248 g/mol. The van der Waals surface area contributed by atoms with Crippen molar-refractivity contribution < 1.29 is 0 Å². The summed E-state index contributed by atoms with van der Waals surface area (Å²) in [7, 11) is 0. The first kappa shape index (κ1) is 6.84. The van der Waals surface area contributed by atoms with Crippen molar-refractivity contribution in [3.8, 4) is 6.07 Å². The maximum atomic E-state index is 8.35. The quantitative estimate of drug-likeness (QED) is 0.754. The van der Waals surface area contributed by atoms with Crippen LogP contribution in [0.15, 0.2) is 15.1 Å². The number of hydrogen-bond acceptors (Lipinski definition) is 1. The van der Waals surface area contributed by atoms with Crippen LogP contribution in [0.1, 0.15) is 5.69 Å². The number of nitriles is 1. The van der Waals surface area contributed by atoms with Crippen LogP contribution in [0.3, 0.4) is 0 Å². The number of hydrogen-bond donors (Lipinski definition) is 1. The van der Waals surface area contributed by atoms with Gasteiger partial charge in [-0.2, -0.15) is 5.26 Å². The van der Waals surface area contributed by atoms with E-state index in [-0.39, 0.29) is 0 Å². The molecular weight excluding hydrogens is 248 g/mol. The van der Waals surface area contributed by atoms with Gasteiger partial charge in [0.15, 0.2) is 0 Å². The molecule has 0 aliphatic carbocycles. The fourth-order valence-electron chi connectivity index (χ4n) is 0.464. The Hall–Kier alpha value is -0.270. The van der Waals surface area contributed by atoms with Crippen LogP contribution in [-0.4, -0.2) is 4.98 Å². The molecule has 0 radical (unpaired) electrons. The molecule has 2 nitrogen and oxygen atoms in total. The molecule has 0 amide bonds. The van der Waals surface area contributed by atoms with Crippen LogP contribution in [0, 0.1) is 11.3 Å². The molecule has 0 aliphatic rings. The molecule has 1 heterocycles. The molecule has 0 spiro atoms. The van der Waals surface area contributed by atoms with Crippen molar-refractivity contribution >= 4 is 31.9 Å². The van der Waals surface area contributed by atoms with E-state index in [0.717, 1.165) is 9.08 Å². The smallest absolute Gasteiger partial charge is 0.119 e. The van der Waals surface area contributed by atoms with Crippen molar-refractivity contribution in [1.29, 1.82) is 5.26 Å². The molecule has 0 aliphatic heterocycles. The molecule has 0 aromatic carbocycles. The van der Waals surface area contributed by atoms with Crippen molar-refractivity contribution in [3.63, 3.8) is 0 Å². The summed E-state index contributed by atoms with van der Waals surface area (Å²) in [5, 5.41) is 8.35. The van der Waals surface area contributed by atoms with E-state index in [0.29, 0.717) is 5.69 Å². The second kappa shape index (κ2) is 2.54. The zero-order valence-corrected chi connectivity index (χ0v) is 7.45. The summed E-state index contributed by atoms with van der Waals surface area (Å²) >= 11 is 6.43. The first-order valence-electron chi connectivity index (χ1n) is 2.18. The molecule has 0 bridgehead atoms. The zero-order valence-electron chi connectivity index (χ0n) is 4.28. The molecule has 1 aromatic rings. The second-order valence-corrected chi connectivity index (χ2v) is 3.10. The Balaban J connectivity index is 3.16. The molecule has 4 heteroatoms. The Bertz CT molecular complexity index is 239. The first-order chi connectivity index (χ1) is 4.24. The molecule has 0 atom stereocenters. The number of halogens is 2. The Morgan fingerprint density at radius 3 is 2.44 bits per heavy atom. The lowest BCUT2D eigenvalue weighted by atomic mass is 10.5. The minimum absolute atomic E-state index is 0.550. The molecule has 9 heavy (non-hydrogen) atoms. The Morgan fingerprint density at radius 1 is 1.56 bits per heavy atom. The van der Waals surface area contributed by atoms with E-state index >= 15 is 0 Å². The van der Waals surface area contributed by atoms with Crippen LogP contribution in [0.5, 0.6) is 0 Å². The highest BCUT2D eigenvalue weighted by Crippen LogP contribution is 2.22. The summed E-state index contributed by atoms with van der Waals surface area (Å²) < 4.78 is 1.68. The largest absolute Gasteiger partial charge is 0.340 e.